The van der Waals surface area contributed by atoms with E-state index in [1.807, 2.05) is 11.7 Å². The monoisotopic (exact) mass is 300 g/mol. The first kappa shape index (κ1) is 15.8. The third kappa shape index (κ3) is 3.01. The summed E-state index contributed by atoms with van der Waals surface area (Å²) in [5.74, 6) is 6.21. The van der Waals surface area contributed by atoms with Crippen LogP contribution in [0.4, 0.5) is 0 Å². The SMILES string of the molecule is CCc1nn(C)c(CC(NN)C2CCOC2CC)c1Cl. The number of nitrogens with two attached hydrogens (primary N) is 1. The lowest BCUT2D eigenvalue weighted by Gasteiger charge is -2.26. The summed E-state index contributed by atoms with van der Waals surface area (Å²) < 4.78 is 7.65. The molecule has 6 heteroatoms. The van der Waals surface area contributed by atoms with Crippen molar-refractivity contribution in [3.63, 3.8) is 0 Å². The fourth-order valence-electron chi connectivity index (χ4n) is 3.13. The molecule has 1 fully saturated rings. The second-order valence-corrected chi connectivity index (χ2v) is 5.81. The first-order valence-corrected chi connectivity index (χ1v) is 7.78. The standard InChI is InChI=1S/C14H25ClN4O/c1-4-10-14(15)12(19(3)18-10)8-11(17-16)9-6-7-20-13(9)5-2/h9,11,13,17H,4-8,16H2,1-3H3. The molecule has 3 N–H and O–H groups in total. The van der Waals surface area contributed by atoms with Gasteiger partial charge in [0.2, 0.25) is 0 Å². The molecule has 20 heavy (non-hydrogen) atoms. The predicted molar refractivity (Wildman–Crippen MR) is 80.5 cm³/mol. The summed E-state index contributed by atoms with van der Waals surface area (Å²) in [6.07, 6.45) is 3.97. The number of rotatable bonds is 6. The average molecular weight is 301 g/mol. The largest absolute Gasteiger partial charge is 0.378 e. The summed E-state index contributed by atoms with van der Waals surface area (Å²) in [5, 5.41) is 5.25. The van der Waals surface area contributed by atoms with Gasteiger partial charge in [-0.05, 0) is 19.3 Å². The topological polar surface area (TPSA) is 65.1 Å². The van der Waals surface area contributed by atoms with Crippen molar-refractivity contribution in [2.45, 2.75) is 51.7 Å². The third-order valence-corrected chi connectivity index (χ3v) is 4.75. The van der Waals surface area contributed by atoms with Gasteiger partial charge in [-0.15, -0.1) is 0 Å². The minimum Gasteiger partial charge on any atom is -0.378 e. The van der Waals surface area contributed by atoms with E-state index < -0.39 is 0 Å². The molecular weight excluding hydrogens is 276 g/mol. The fourth-order valence-corrected chi connectivity index (χ4v) is 3.50. The molecule has 5 nitrogen and oxygen atoms in total. The van der Waals surface area contributed by atoms with Crippen LogP contribution < -0.4 is 11.3 Å². The summed E-state index contributed by atoms with van der Waals surface area (Å²) in [6.45, 7) is 5.04. The molecule has 1 aromatic heterocycles. The average Bonchev–Trinajstić information content (AvgIpc) is 3.02. The van der Waals surface area contributed by atoms with Crippen LogP contribution in [-0.2, 0) is 24.6 Å². The van der Waals surface area contributed by atoms with E-state index in [0.29, 0.717) is 5.92 Å². The van der Waals surface area contributed by atoms with Gasteiger partial charge in [0, 0.05) is 32.0 Å². The molecule has 0 aliphatic carbocycles. The van der Waals surface area contributed by atoms with Crippen LogP contribution in [0.3, 0.4) is 0 Å². The summed E-state index contributed by atoms with van der Waals surface area (Å²) in [5.41, 5.74) is 4.96. The van der Waals surface area contributed by atoms with E-state index in [4.69, 9.17) is 22.2 Å². The maximum Gasteiger partial charge on any atom is 0.0850 e. The summed E-state index contributed by atoms with van der Waals surface area (Å²) in [4.78, 5) is 0. The number of hydrazine groups is 1. The van der Waals surface area contributed by atoms with Gasteiger partial charge < -0.3 is 4.74 Å². The van der Waals surface area contributed by atoms with Crippen LogP contribution in [0.25, 0.3) is 0 Å². The van der Waals surface area contributed by atoms with Gasteiger partial charge in [0.25, 0.3) is 0 Å². The number of hydrogen-bond acceptors (Lipinski definition) is 4. The molecule has 1 aliphatic rings. The zero-order valence-corrected chi connectivity index (χ0v) is 13.3. The first-order valence-electron chi connectivity index (χ1n) is 7.40. The maximum atomic E-state index is 6.42. The van der Waals surface area contributed by atoms with Gasteiger partial charge in [-0.1, -0.05) is 25.4 Å². The van der Waals surface area contributed by atoms with Gasteiger partial charge in [-0.2, -0.15) is 5.10 Å². The van der Waals surface area contributed by atoms with E-state index in [0.717, 1.165) is 48.7 Å². The Kier molecular flexibility index (Phi) is 5.43. The highest BCUT2D eigenvalue weighted by Crippen LogP contribution is 2.30. The van der Waals surface area contributed by atoms with Crippen molar-refractivity contribution in [3.05, 3.63) is 16.4 Å². The van der Waals surface area contributed by atoms with Crippen molar-refractivity contribution in [1.29, 1.82) is 0 Å². The molecule has 1 saturated heterocycles. The van der Waals surface area contributed by atoms with Gasteiger partial charge in [0.15, 0.2) is 0 Å². The molecule has 0 amide bonds. The van der Waals surface area contributed by atoms with E-state index in [1.54, 1.807) is 0 Å². The maximum absolute atomic E-state index is 6.42. The van der Waals surface area contributed by atoms with Gasteiger partial charge in [0.05, 0.1) is 22.5 Å². The second-order valence-electron chi connectivity index (χ2n) is 5.43. The van der Waals surface area contributed by atoms with Crippen LogP contribution in [0.1, 0.15) is 38.1 Å². The van der Waals surface area contributed by atoms with Crippen LogP contribution in [0.15, 0.2) is 0 Å². The number of nitrogens with zero attached hydrogens (tertiary/aromatic N) is 2. The van der Waals surface area contributed by atoms with Crippen LogP contribution in [0.5, 0.6) is 0 Å². The molecule has 114 valence electrons. The molecule has 1 aliphatic heterocycles. The van der Waals surface area contributed by atoms with Crippen molar-refractivity contribution in [3.8, 4) is 0 Å². The highest BCUT2D eigenvalue weighted by atomic mass is 35.5. The lowest BCUT2D eigenvalue weighted by molar-refractivity contribution is 0.0772. The normalized spacial score (nSPS) is 24.2. The van der Waals surface area contributed by atoms with Crippen LogP contribution in [-0.4, -0.2) is 28.5 Å². The summed E-state index contributed by atoms with van der Waals surface area (Å²) in [6, 6.07) is 0.167. The smallest absolute Gasteiger partial charge is 0.0850 e. The zero-order valence-electron chi connectivity index (χ0n) is 12.5. The van der Waals surface area contributed by atoms with Gasteiger partial charge in [-0.3, -0.25) is 16.0 Å². The van der Waals surface area contributed by atoms with Crippen LogP contribution in [0, 0.1) is 5.92 Å². The van der Waals surface area contributed by atoms with E-state index in [-0.39, 0.29) is 12.1 Å². The zero-order chi connectivity index (χ0) is 14.7. The van der Waals surface area contributed by atoms with E-state index >= 15 is 0 Å². The van der Waals surface area contributed by atoms with Crippen LogP contribution in [0.2, 0.25) is 5.02 Å². The molecule has 0 radical (unpaired) electrons. The number of aromatic nitrogens is 2. The fraction of sp³-hybridized carbons (Fsp3) is 0.786. The lowest BCUT2D eigenvalue weighted by Crippen LogP contribution is -2.45. The second kappa shape index (κ2) is 6.89. The minimum absolute atomic E-state index is 0.167. The molecule has 0 saturated carbocycles. The molecule has 3 unspecified atom stereocenters. The van der Waals surface area contributed by atoms with Crippen molar-refractivity contribution in [2.75, 3.05) is 6.61 Å². The Morgan fingerprint density at radius 1 is 1.55 bits per heavy atom. The Labute approximate surface area is 125 Å². The lowest BCUT2D eigenvalue weighted by atomic mass is 9.89. The van der Waals surface area contributed by atoms with Gasteiger partial charge >= 0.3 is 0 Å². The molecule has 3 atom stereocenters. The predicted octanol–water partition coefficient (Wildman–Crippen LogP) is 1.83. The van der Waals surface area contributed by atoms with Crippen LogP contribution >= 0.6 is 11.6 Å². The van der Waals surface area contributed by atoms with Crippen molar-refractivity contribution < 1.29 is 4.74 Å². The molecule has 0 aromatic carbocycles. The van der Waals surface area contributed by atoms with E-state index in [1.165, 1.54) is 0 Å². The molecule has 2 rings (SSSR count). The molecular formula is C14H25ClN4O. The Bertz CT molecular complexity index is 449. The third-order valence-electron chi connectivity index (χ3n) is 4.31. The Hall–Kier alpha value is -0.620. The number of aryl methyl sites for hydroxylation is 2. The Morgan fingerprint density at radius 3 is 2.85 bits per heavy atom. The number of nitrogens with one attached hydrogen (secondary N) is 1. The number of ether oxygens (including phenoxy) is 1. The van der Waals surface area contributed by atoms with Crippen molar-refractivity contribution >= 4 is 11.6 Å². The molecule has 0 spiro atoms. The highest BCUT2D eigenvalue weighted by Gasteiger charge is 2.34. The molecule has 1 aromatic rings. The summed E-state index contributed by atoms with van der Waals surface area (Å²) in [7, 11) is 1.94. The number of halogens is 1. The first-order chi connectivity index (χ1) is 9.62. The Morgan fingerprint density at radius 2 is 2.30 bits per heavy atom. The minimum atomic E-state index is 0.167. The highest BCUT2D eigenvalue weighted by molar-refractivity contribution is 6.31. The van der Waals surface area contributed by atoms with E-state index in [2.05, 4.69) is 24.4 Å². The Balaban J connectivity index is 2.16. The summed E-state index contributed by atoms with van der Waals surface area (Å²) >= 11 is 6.42. The quantitative estimate of drug-likeness (QED) is 0.621. The molecule has 0 bridgehead atoms. The number of hydrogen-bond donors (Lipinski definition) is 2. The van der Waals surface area contributed by atoms with Crippen molar-refractivity contribution in [1.82, 2.24) is 15.2 Å². The van der Waals surface area contributed by atoms with Crippen molar-refractivity contribution in [2.24, 2.45) is 18.8 Å². The van der Waals surface area contributed by atoms with E-state index in [9.17, 15) is 0 Å². The molecule has 2 heterocycles. The van der Waals surface area contributed by atoms with Gasteiger partial charge in [0.1, 0.15) is 0 Å². The van der Waals surface area contributed by atoms with Gasteiger partial charge in [-0.25, -0.2) is 0 Å².